The van der Waals surface area contributed by atoms with Crippen LogP contribution in [0, 0.1) is 0 Å². The maximum absolute atomic E-state index is 12.1. The minimum atomic E-state index is 0.0121. The van der Waals surface area contributed by atoms with Crippen molar-refractivity contribution in [1.29, 1.82) is 0 Å². The van der Waals surface area contributed by atoms with Crippen LogP contribution in [-0.4, -0.2) is 16.4 Å². The Morgan fingerprint density at radius 3 is 2.25 bits per heavy atom. The summed E-state index contributed by atoms with van der Waals surface area (Å²) < 4.78 is 3.40. The largest absolute Gasteiger partial charge is 0.373 e. The number of nitrogens with one attached hydrogen (secondary N) is 1. The van der Waals surface area contributed by atoms with Crippen LogP contribution in [0.25, 0.3) is 11.1 Å². The summed E-state index contributed by atoms with van der Waals surface area (Å²) in [6.07, 6.45) is 0. The molecule has 0 aliphatic rings. The number of anilines is 1. The highest BCUT2D eigenvalue weighted by molar-refractivity contribution is 5.74. The second kappa shape index (κ2) is 3.89. The van der Waals surface area contributed by atoms with Crippen LogP contribution < -0.4 is 10.9 Å². The topological polar surface area (TPSA) is 39.0 Å². The Kier molecular flexibility index (Phi) is 2.56. The van der Waals surface area contributed by atoms with Gasteiger partial charge in [-0.25, -0.2) is 0 Å². The highest BCUT2D eigenvalue weighted by Gasteiger charge is 2.15. The third kappa shape index (κ3) is 1.43. The summed E-state index contributed by atoms with van der Waals surface area (Å²) in [5.74, 6) is 0.832. The van der Waals surface area contributed by atoms with Gasteiger partial charge in [0.25, 0.3) is 5.56 Å². The summed E-state index contributed by atoms with van der Waals surface area (Å²) in [6.45, 7) is 0. The molecule has 2 aromatic rings. The molecule has 1 N–H and O–H groups in total. The van der Waals surface area contributed by atoms with Gasteiger partial charge in [0.2, 0.25) is 0 Å². The van der Waals surface area contributed by atoms with E-state index in [1.807, 2.05) is 49.1 Å². The van der Waals surface area contributed by atoms with E-state index in [2.05, 4.69) is 5.32 Å². The second-order valence-electron chi connectivity index (χ2n) is 3.69. The molecular weight excluding hydrogens is 202 g/mol. The molecule has 1 aromatic heterocycles. The highest BCUT2D eigenvalue weighted by Crippen LogP contribution is 2.23. The molecule has 0 unspecified atom stereocenters. The fraction of sp³-hybridized carbons (Fsp3) is 0.250. The molecule has 0 saturated carbocycles. The van der Waals surface area contributed by atoms with Crippen molar-refractivity contribution in [3.63, 3.8) is 0 Å². The summed E-state index contributed by atoms with van der Waals surface area (Å²) in [5, 5.41) is 3.07. The average molecular weight is 217 g/mol. The van der Waals surface area contributed by atoms with E-state index in [1.165, 1.54) is 0 Å². The zero-order valence-electron chi connectivity index (χ0n) is 9.69. The fourth-order valence-corrected chi connectivity index (χ4v) is 1.86. The normalized spacial score (nSPS) is 10.4. The zero-order valence-corrected chi connectivity index (χ0v) is 9.69. The van der Waals surface area contributed by atoms with Gasteiger partial charge in [0.05, 0.1) is 5.56 Å². The van der Waals surface area contributed by atoms with Crippen molar-refractivity contribution in [1.82, 2.24) is 9.36 Å². The first-order valence-corrected chi connectivity index (χ1v) is 5.16. The van der Waals surface area contributed by atoms with E-state index in [1.54, 1.807) is 11.7 Å². The molecular formula is C12H15N3O. The summed E-state index contributed by atoms with van der Waals surface area (Å²) in [7, 11) is 5.44. The van der Waals surface area contributed by atoms with Crippen LogP contribution in [0.1, 0.15) is 0 Å². The molecule has 4 nitrogen and oxygen atoms in total. The second-order valence-corrected chi connectivity index (χ2v) is 3.69. The summed E-state index contributed by atoms with van der Waals surface area (Å²) >= 11 is 0. The van der Waals surface area contributed by atoms with Crippen LogP contribution in [0.5, 0.6) is 0 Å². The Morgan fingerprint density at radius 1 is 1.06 bits per heavy atom. The van der Waals surface area contributed by atoms with Gasteiger partial charge < -0.3 is 5.32 Å². The molecule has 16 heavy (non-hydrogen) atoms. The van der Waals surface area contributed by atoms with Crippen molar-refractivity contribution in [3.05, 3.63) is 40.7 Å². The molecule has 0 aliphatic heterocycles. The maximum Gasteiger partial charge on any atom is 0.276 e. The van der Waals surface area contributed by atoms with Gasteiger partial charge in [0, 0.05) is 21.1 Å². The third-order valence-corrected chi connectivity index (χ3v) is 2.82. The van der Waals surface area contributed by atoms with Crippen LogP contribution in [0.3, 0.4) is 0 Å². The van der Waals surface area contributed by atoms with Gasteiger partial charge in [0.1, 0.15) is 5.82 Å². The third-order valence-electron chi connectivity index (χ3n) is 2.82. The number of nitrogens with zero attached hydrogens (tertiary/aromatic N) is 2. The van der Waals surface area contributed by atoms with Crippen LogP contribution in [0.4, 0.5) is 5.82 Å². The maximum atomic E-state index is 12.1. The van der Waals surface area contributed by atoms with Crippen molar-refractivity contribution < 1.29 is 0 Å². The minimum absolute atomic E-state index is 0.0121. The monoisotopic (exact) mass is 217 g/mol. The molecule has 4 heteroatoms. The Labute approximate surface area is 94.1 Å². The van der Waals surface area contributed by atoms with E-state index < -0.39 is 0 Å². The van der Waals surface area contributed by atoms with Gasteiger partial charge in [-0.3, -0.25) is 14.2 Å². The van der Waals surface area contributed by atoms with Gasteiger partial charge in [-0.15, -0.1) is 0 Å². The Balaban J connectivity index is 2.75. The van der Waals surface area contributed by atoms with Crippen molar-refractivity contribution in [2.45, 2.75) is 0 Å². The van der Waals surface area contributed by atoms with Gasteiger partial charge >= 0.3 is 0 Å². The van der Waals surface area contributed by atoms with Crippen molar-refractivity contribution in [2.24, 2.45) is 14.1 Å². The van der Waals surface area contributed by atoms with Gasteiger partial charge in [0.15, 0.2) is 0 Å². The Hall–Kier alpha value is -1.97. The smallest absolute Gasteiger partial charge is 0.276 e. The number of hydrogen-bond donors (Lipinski definition) is 1. The molecule has 0 aliphatic carbocycles. The first kappa shape index (κ1) is 10.5. The lowest BCUT2D eigenvalue weighted by Gasteiger charge is -2.05. The van der Waals surface area contributed by atoms with Crippen molar-refractivity contribution in [3.8, 4) is 11.1 Å². The molecule has 0 radical (unpaired) electrons. The van der Waals surface area contributed by atoms with Crippen LogP contribution in [0.2, 0.25) is 0 Å². The van der Waals surface area contributed by atoms with Crippen LogP contribution >= 0.6 is 0 Å². The molecule has 0 spiro atoms. The van der Waals surface area contributed by atoms with Gasteiger partial charge in [-0.05, 0) is 5.56 Å². The van der Waals surface area contributed by atoms with E-state index >= 15 is 0 Å². The highest BCUT2D eigenvalue weighted by atomic mass is 16.1. The predicted octanol–water partition coefficient (Wildman–Crippen LogP) is 1.43. The zero-order chi connectivity index (χ0) is 11.7. The lowest BCUT2D eigenvalue weighted by molar-refractivity contribution is 0.584. The quantitative estimate of drug-likeness (QED) is 0.826. The minimum Gasteiger partial charge on any atom is -0.373 e. The Bertz CT molecular complexity index is 552. The first-order valence-electron chi connectivity index (χ1n) is 5.16. The average Bonchev–Trinajstić information content (AvgIpc) is 2.54. The molecule has 1 aromatic carbocycles. The number of rotatable bonds is 2. The Morgan fingerprint density at radius 2 is 1.69 bits per heavy atom. The number of aromatic nitrogens is 2. The SMILES string of the molecule is CNc1c(-c2ccccc2)c(=O)n(C)n1C. The van der Waals surface area contributed by atoms with E-state index in [9.17, 15) is 4.79 Å². The predicted molar refractivity (Wildman–Crippen MR) is 65.6 cm³/mol. The van der Waals surface area contributed by atoms with E-state index in [0.717, 1.165) is 11.4 Å². The molecule has 1 heterocycles. The molecule has 0 bridgehead atoms. The molecule has 84 valence electrons. The van der Waals surface area contributed by atoms with Gasteiger partial charge in [-0.2, -0.15) is 0 Å². The van der Waals surface area contributed by atoms with Crippen LogP contribution in [0.15, 0.2) is 35.1 Å². The number of benzene rings is 1. The lowest BCUT2D eigenvalue weighted by Crippen LogP contribution is -2.17. The molecule has 0 fully saturated rings. The van der Waals surface area contributed by atoms with E-state index in [4.69, 9.17) is 0 Å². The molecule has 2 rings (SSSR count). The molecule has 0 atom stereocenters. The standard InChI is InChI=1S/C12H15N3O/c1-13-11-10(9-7-5-4-6-8-9)12(16)15(3)14(11)2/h4-8,13H,1-3H3. The first-order chi connectivity index (χ1) is 7.66. The summed E-state index contributed by atoms with van der Waals surface area (Å²) in [5.41, 5.74) is 1.67. The van der Waals surface area contributed by atoms with E-state index in [0.29, 0.717) is 5.56 Å². The lowest BCUT2D eigenvalue weighted by atomic mass is 10.1. The van der Waals surface area contributed by atoms with Gasteiger partial charge in [-0.1, -0.05) is 30.3 Å². The number of hydrogen-bond acceptors (Lipinski definition) is 2. The summed E-state index contributed by atoms with van der Waals surface area (Å²) in [6, 6.07) is 9.69. The van der Waals surface area contributed by atoms with Crippen molar-refractivity contribution >= 4 is 5.82 Å². The molecule has 0 amide bonds. The summed E-state index contributed by atoms with van der Waals surface area (Å²) in [4.78, 5) is 12.1. The molecule has 0 saturated heterocycles. The van der Waals surface area contributed by atoms with Crippen molar-refractivity contribution in [2.75, 3.05) is 12.4 Å². The van der Waals surface area contributed by atoms with E-state index in [-0.39, 0.29) is 5.56 Å². The van der Waals surface area contributed by atoms with Crippen LogP contribution in [-0.2, 0) is 14.1 Å². The fourth-order valence-electron chi connectivity index (χ4n) is 1.86.